The predicted molar refractivity (Wildman–Crippen MR) is 113 cm³/mol. The minimum absolute atomic E-state index is 0.0812. The van der Waals surface area contributed by atoms with Crippen molar-refractivity contribution < 1.29 is 27.5 Å². The van der Waals surface area contributed by atoms with Crippen LogP contribution in [0.15, 0.2) is 47.4 Å². The molecule has 12 heteroatoms. The lowest BCUT2D eigenvalue weighted by atomic mass is 10.0. The van der Waals surface area contributed by atoms with E-state index in [0.717, 1.165) is 6.07 Å². The zero-order chi connectivity index (χ0) is 23.2. The quantitative estimate of drug-likeness (QED) is 0.444. The molecular formula is C19H21ClN4O6S. The third-order valence-electron chi connectivity index (χ3n) is 4.10. The second-order valence-electron chi connectivity index (χ2n) is 6.42. The molecule has 3 amide bonds. The second kappa shape index (κ2) is 10.2. The van der Waals surface area contributed by atoms with Gasteiger partial charge in [0.05, 0.1) is 24.6 Å². The van der Waals surface area contributed by atoms with Crippen molar-refractivity contribution in [3.05, 3.63) is 58.6 Å². The van der Waals surface area contributed by atoms with Crippen LogP contribution in [0.5, 0.6) is 5.75 Å². The molecule has 0 saturated carbocycles. The van der Waals surface area contributed by atoms with Crippen LogP contribution in [-0.2, 0) is 19.6 Å². The zero-order valence-electron chi connectivity index (χ0n) is 16.6. The molecule has 2 rings (SSSR count). The molecule has 0 fully saturated rings. The van der Waals surface area contributed by atoms with Gasteiger partial charge in [0.1, 0.15) is 10.6 Å². The molecule has 0 aromatic heterocycles. The number of benzene rings is 2. The Labute approximate surface area is 184 Å². The number of rotatable bonds is 7. The lowest BCUT2D eigenvalue weighted by Gasteiger charge is -2.18. The number of hydrogen-bond donors (Lipinski definition) is 4. The molecule has 166 valence electrons. The average Bonchev–Trinajstić information content (AvgIpc) is 2.70. The van der Waals surface area contributed by atoms with Gasteiger partial charge < -0.3 is 10.1 Å². The highest BCUT2D eigenvalue weighted by Crippen LogP contribution is 2.22. The number of nitrogens with one attached hydrogen (secondary N) is 3. The maximum Gasteiger partial charge on any atom is 0.269 e. The highest BCUT2D eigenvalue weighted by molar-refractivity contribution is 7.89. The molecule has 10 nitrogen and oxygen atoms in total. The molecule has 0 aliphatic heterocycles. The van der Waals surface area contributed by atoms with Gasteiger partial charge in [-0.2, -0.15) is 0 Å². The molecule has 2 aromatic carbocycles. The summed E-state index contributed by atoms with van der Waals surface area (Å²) in [6, 6.07) is 9.61. The van der Waals surface area contributed by atoms with E-state index in [2.05, 4.69) is 16.2 Å². The first-order chi connectivity index (χ1) is 14.5. The van der Waals surface area contributed by atoms with E-state index in [0.29, 0.717) is 11.3 Å². The zero-order valence-corrected chi connectivity index (χ0v) is 18.2. The fourth-order valence-electron chi connectivity index (χ4n) is 2.63. The minimum atomic E-state index is -4.13. The molecule has 1 atom stereocenters. The number of sulfonamides is 1. The van der Waals surface area contributed by atoms with Crippen molar-refractivity contribution in [1.29, 1.82) is 0 Å². The van der Waals surface area contributed by atoms with Gasteiger partial charge in [-0.25, -0.2) is 13.6 Å². The normalized spacial score (nSPS) is 11.9. The minimum Gasteiger partial charge on any atom is -0.497 e. The van der Waals surface area contributed by atoms with Crippen LogP contribution >= 0.6 is 11.6 Å². The molecular weight excluding hydrogens is 448 g/mol. The van der Waals surface area contributed by atoms with Crippen molar-refractivity contribution in [3.63, 3.8) is 0 Å². The van der Waals surface area contributed by atoms with E-state index in [9.17, 15) is 22.8 Å². The maximum absolute atomic E-state index is 12.3. The Balaban J connectivity index is 2.06. The molecule has 0 aliphatic carbocycles. The summed E-state index contributed by atoms with van der Waals surface area (Å²) >= 11 is 5.79. The molecule has 0 heterocycles. The Kier molecular flexibility index (Phi) is 7.97. The Morgan fingerprint density at radius 3 is 2.29 bits per heavy atom. The third kappa shape index (κ3) is 6.95. The van der Waals surface area contributed by atoms with Crippen molar-refractivity contribution in [2.24, 2.45) is 5.14 Å². The molecule has 31 heavy (non-hydrogen) atoms. The van der Waals surface area contributed by atoms with E-state index in [-0.39, 0.29) is 22.9 Å². The molecule has 0 radical (unpaired) electrons. The van der Waals surface area contributed by atoms with Crippen molar-refractivity contribution in [1.82, 2.24) is 16.2 Å². The van der Waals surface area contributed by atoms with Gasteiger partial charge in [0.2, 0.25) is 21.8 Å². The first-order valence-corrected chi connectivity index (χ1v) is 10.8. The Bertz CT molecular complexity index is 1090. The van der Waals surface area contributed by atoms with E-state index in [1.165, 1.54) is 26.2 Å². The molecule has 0 bridgehead atoms. The van der Waals surface area contributed by atoms with Crippen LogP contribution in [-0.4, -0.2) is 33.2 Å². The second-order valence-corrected chi connectivity index (χ2v) is 8.36. The summed E-state index contributed by atoms with van der Waals surface area (Å²) < 4.78 is 28.1. The summed E-state index contributed by atoms with van der Waals surface area (Å²) in [5.74, 6) is -1.10. The van der Waals surface area contributed by atoms with Gasteiger partial charge in [0, 0.05) is 12.5 Å². The molecule has 2 aromatic rings. The van der Waals surface area contributed by atoms with Crippen LogP contribution in [0.25, 0.3) is 0 Å². The molecule has 0 unspecified atom stereocenters. The third-order valence-corrected chi connectivity index (χ3v) is 5.49. The van der Waals surface area contributed by atoms with Gasteiger partial charge in [-0.05, 0) is 35.9 Å². The SMILES string of the molecule is COc1ccc([C@H](CC(=O)NNC(=O)c2ccc(Cl)c(S(N)(=O)=O)c2)NC(C)=O)cc1. The number of hydrazine groups is 1. The highest BCUT2D eigenvalue weighted by Gasteiger charge is 2.19. The van der Waals surface area contributed by atoms with Gasteiger partial charge in [-0.1, -0.05) is 23.7 Å². The average molecular weight is 469 g/mol. The van der Waals surface area contributed by atoms with Crippen molar-refractivity contribution in [2.45, 2.75) is 24.3 Å². The van der Waals surface area contributed by atoms with Crippen molar-refractivity contribution in [2.75, 3.05) is 7.11 Å². The molecule has 0 aliphatic rings. The van der Waals surface area contributed by atoms with Crippen LogP contribution in [0, 0.1) is 0 Å². The number of carbonyl (C=O) groups excluding carboxylic acids is 3. The van der Waals surface area contributed by atoms with Gasteiger partial charge in [-0.3, -0.25) is 25.2 Å². The number of carbonyl (C=O) groups is 3. The summed E-state index contributed by atoms with van der Waals surface area (Å²) in [6.45, 7) is 1.32. The molecule has 0 saturated heterocycles. The van der Waals surface area contributed by atoms with Crippen molar-refractivity contribution in [3.8, 4) is 5.75 Å². The lowest BCUT2D eigenvalue weighted by Crippen LogP contribution is -2.43. The number of primary sulfonamides is 1. The largest absolute Gasteiger partial charge is 0.497 e. The first-order valence-electron chi connectivity index (χ1n) is 8.84. The predicted octanol–water partition coefficient (Wildman–Crippen LogP) is 1.02. The number of halogens is 1. The summed E-state index contributed by atoms with van der Waals surface area (Å²) in [7, 11) is -2.62. The van der Waals surface area contributed by atoms with E-state index >= 15 is 0 Å². The monoisotopic (exact) mass is 468 g/mol. The Morgan fingerprint density at radius 1 is 1.10 bits per heavy atom. The lowest BCUT2D eigenvalue weighted by molar-refractivity contribution is -0.123. The van der Waals surface area contributed by atoms with Crippen LogP contribution < -0.4 is 26.0 Å². The fraction of sp³-hybridized carbons (Fsp3) is 0.211. The topological polar surface area (TPSA) is 157 Å². The highest BCUT2D eigenvalue weighted by atomic mass is 35.5. The fourth-order valence-corrected chi connectivity index (χ4v) is 3.70. The summed E-state index contributed by atoms with van der Waals surface area (Å²) in [4.78, 5) is 35.7. The van der Waals surface area contributed by atoms with Gasteiger partial charge in [-0.15, -0.1) is 0 Å². The number of hydrogen-bond acceptors (Lipinski definition) is 6. The van der Waals surface area contributed by atoms with Gasteiger partial charge in [0.25, 0.3) is 5.91 Å². The van der Waals surface area contributed by atoms with Crippen molar-refractivity contribution >= 4 is 39.3 Å². The van der Waals surface area contributed by atoms with Crippen LogP contribution in [0.3, 0.4) is 0 Å². The summed E-state index contributed by atoms with van der Waals surface area (Å²) in [6.07, 6.45) is -0.171. The number of methoxy groups -OCH3 is 1. The van der Waals surface area contributed by atoms with E-state index in [4.69, 9.17) is 21.5 Å². The summed E-state index contributed by atoms with van der Waals surface area (Å²) in [5.41, 5.74) is 4.98. The molecule has 5 N–H and O–H groups in total. The Morgan fingerprint density at radius 2 is 1.74 bits per heavy atom. The van der Waals surface area contributed by atoms with E-state index in [1.54, 1.807) is 24.3 Å². The van der Waals surface area contributed by atoms with Gasteiger partial charge >= 0.3 is 0 Å². The molecule has 0 spiro atoms. The Hall–Kier alpha value is -3.15. The van der Waals surface area contributed by atoms with Gasteiger partial charge in [0.15, 0.2) is 0 Å². The number of amides is 3. The number of ether oxygens (including phenoxy) is 1. The number of nitrogens with two attached hydrogens (primary N) is 1. The maximum atomic E-state index is 12.3. The standard InChI is InChI=1S/C19H21ClN4O6S/c1-11(25)22-16(12-3-6-14(30-2)7-4-12)10-18(26)23-24-19(27)13-5-8-15(20)17(9-13)31(21,28)29/h3-9,16H,10H2,1-2H3,(H,22,25)(H,23,26)(H,24,27)(H2,21,28,29)/t16-/m0/s1. The first kappa shape index (κ1) is 24.1. The summed E-state index contributed by atoms with van der Waals surface area (Å²) in [5, 5.41) is 7.59. The van der Waals surface area contributed by atoms with E-state index < -0.39 is 32.8 Å². The van der Waals surface area contributed by atoms with Crippen LogP contribution in [0.2, 0.25) is 5.02 Å². The van der Waals surface area contributed by atoms with E-state index in [1.807, 2.05) is 0 Å². The smallest absolute Gasteiger partial charge is 0.269 e. The van der Waals surface area contributed by atoms with Crippen LogP contribution in [0.4, 0.5) is 0 Å². The van der Waals surface area contributed by atoms with Crippen LogP contribution in [0.1, 0.15) is 35.3 Å².